The zero-order chi connectivity index (χ0) is 16.1. The molecule has 2 aromatic carbocycles. The van der Waals surface area contributed by atoms with Gasteiger partial charge >= 0.3 is 5.97 Å². The summed E-state index contributed by atoms with van der Waals surface area (Å²) in [6, 6.07) is 11.4. The van der Waals surface area contributed by atoms with Crippen molar-refractivity contribution in [2.24, 2.45) is 16.5 Å². The van der Waals surface area contributed by atoms with Gasteiger partial charge in [-0.25, -0.2) is 9.79 Å². The van der Waals surface area contributed by atoms with Gasteiger partial charge in [0, 0.05) is 12.1 Å². The SMILES string of the molecule is NC(N)=Nc1ccc(C(=O)Oc2ccc([N+](=O)[O-])cc2)cc1.[Cl-]. The van der Waals surface area contributed by atoms with Crippen LogP contribution in [-0.4, -0.2) is 16.9 Å². The maximum absolute atomic E-state index is 11.9. The quantitative estimate of drug-likeness (QED) is 0.178. The first-order valence-electron chi connectivity index (χ1n) is 6.12. The summed E-state index contributed by atoms with van der Waals surface area (Å²) in [6.45, 7) is 0. The van der Waals surface area contributed by atoms with Crippen LogP contribution in [0.4, 0.5) is 11.4 Å². The third-order valence-corrected chi connectivity index (χ3v) is 2.62. The lowest BCUT2D eigenvalue weighted by Crippen LogP contribution is -3.00. The van der Waals surface area contributed by atoms with Crippen LogP contribution in [0, 0.1) is 10.1 Å². The number of nitrogens with two attached hydrogens (primary N) is 2. The molecule has 120 valence electrons. The molecule has 0 aliphatic carbocycles. The number of hydrogen-bond donors (Lipinski definition) is 2. The maximum atomic E-state index is 11.9. The Hall–Kier alpha value is -3.13. The lowest BCUT2D eigenvalue weighted by atomic mass is 10.2. The number of carbonyl (C=O) groups is 1. The molecule has 0 spiro atoms. The fourth-order valence-electron chi connectivity index (χ4n) is 1.62. The van der Waals surface area contributed by atoms with Crippen molar-refractivity contribution in [1.29, 1.82) is 0 Å². The number of non-ortho nitro benzene ring substituents is 1. The summed E-state index contributed by atoms with van der Waals surface area (Å²) < 4.78 is 5.11. The molecule has 23 heavy (non-hydrogen) atoms. The Balaban J connectivity index is 0.00000264. The summed E-state index contributed by atoms with van der Waals surface area (Å²) in [4.78, 5) is 25.8. The van der Waals surface area contributed by atoms with Crippen LogP contribution in [0.3, 0.4) is 0 Å². The molecule has 0 unspecified atom stereocenters. The molecule has 0 bridgehead atoms. The minimum atomic E-state index is -0.592. The van der Waals surface area contributed by atoms with E-state index in [1.807, 2.05) is 0 Å². The van der Waals surface area contributed by atoms with Crippen molar-refractivity contribution in [3.8, 4) is 5.75 Å². The highest BCUT2D eigenvalue weighted by Crippen LogP contribution is 2.19. The molecule has 9 heteroatoms. The molecule has 0 saturated carbocycles. The number of halogens is 1. The Labute approximate surface area is 137 Å². The topological polar surface area (TPSA) is 134 Å². The van der Waals surface area contributed by atoms with E-state index < -0.39 is 10.9 Å². The van der Waals surface area contributed by atoms with E-state index in [0.29, 0.717) is 11.3 Å². The molecule has 0 radical (unpaired) electrons. The molecule has 0 amide bonds. The first-order valence-corrected chi connectivity index (χ1v) is 6.12. The monoisotopic (exact) mass is 335 g/mol. The second-order valence-electron chi connectivity index (χ2n) is 4.22. The Kier molecular flexibility index (Phi) is 6.04. The van der Waals surface area contributed by atoms with Crippen LogP contribution < -0.4 is 28.6 Å². The van der Waals surface area contributed by atoms with Crippen LogP contribution in [0.15, 0.2) is 53.5 Å². The van der Waals surface area contributed by atoms with Crippen LogP contribution in [0.25, 0.3) is 0 Å². The van der Waals surface area contributed by atoms with Gasteiger partial charge in [0.1, 0.15) is 5.75 Å². The number of nitro groups is 1. The fraction of sp³-hybridized carbons (Fsp3) is 0. The van der Waals surface area contributed by atoms with Gasteiger partial charge in [-0.3, -0.25) is 10.1 Å². The number of nitro benzene ring substituents is 1. The third kappa shape index (κ3) is 4.97. The largest absolute Gasteiger partial charge is 1.00 e. The van der Waals surface area contributed by atoms with Gasteiger partial charge in [-0.15, -0.1) is 0 Å². The predicted molar refractivity (Wildman–Crippen MR) is 80.0 cm³/mol. The molecule has 0 aliphatic heterocycles. The normalized spacial score (nSPS) is 9.39. The van der Waals surface area contributed by atoms with Crippen LogP contribution in [0.1, 0.15) is 10.4 Å². The summed E-state index contributed by atoms with van der Waals surface area (Å²) in [5.41, 5.74) is 11.2. The van der Waals surface area contributed by atoms with E-state index in [2.05, 4.69) is 4.99 Å². The molecule has 0 aliphatic rings. The molecule has 0 heterocycles. The van der Waals surface area contributed by atoms with Gasteiger partial charge in [0.05, 0.1) is 16.2 Å². The minimum absolute atomic E-state index is 0. The lowest BCUT2D eigenvalue weighted by Gasteiger charge is -2.04. The Morgan fingerprint density at radius 2 is 1.61 bits per heavy atom. The summed E-state index contributed by atoms with van der Waals surface area (Å²) in [6.07, 6.45) is 0. The van der Waals surface area contributed by atoms with E-state index in [9.17, 15) is 14.9 Å². The number of esters is 1. The molecule has 0 aromatic heterocycles. The van der Waals surface area contributed by atoms with Crippen molar-refractivity contribution >= 4 is 23.3 Å². The highest BCUT2D eigenvalue weighted by molar-refractivity contribution is 5.91. The fourth-order valence-corrected chi connectivity index (χ4v) is 1.62. The first-order chi connectivity index (χ1) is 10.5. The van der Waals surface area contributed by atoms with E-state index >= 15 is 0 Å². The number of benzene rings is 2. The number of nitrogens with zero attached hydrogens (tertiary/aromatic N) is 2. The van der Waals surface area contributed by atoms with Crippen LogP contribution >= 0.6 is 0 Å². The molecule has 2 rings (SSSR count). The Morgan fingerprint density at radius 3 is 2.09 bits per heavy atom. The van der Waals surface area contributed by atoms with E-state index in [-0.39, 0.29) is 29.8 Å². The van der Waals surface area contributed by atoms with Crippen molar-refractivity contribution in [1.82, 2.24) is 0 Å². The van der Waals surface area contributed by atoms with E-state index in [1.165, 1.54) is 36.4 Å². The van der Waals surface area contributed by atoms with Gasteiger partial charge in [-0.05, 0) is 36.4 Å². The highest BCUT2D eigenvalue weighted by atomic mass is 35.5. The van der Waals surface area contributed by atoms with Crippen molar-refractivity contribution in [3.05, 3.63) is 64.2 Å². The van der Waals surface area contributed by atoms with Gasteiger partial charge in [-0.1, -0.05) is 0 Å². The molecule has 0 fully saturated rings. The summed E-state index contributed by atoms with van der Waals surface area (Å²) in [7, 11) is 0. The average molecular weight is 336 g/mol. The minimum Gasteiger partial charge on any atom is -1.00 e. The van der Waals surface area contributed by atoms with Gasteiger partial charge in [-0.2, -0.15) is 0 Å². The first kappa shape index (κ1) is 17.9. The molecule has 2 aromatic rings. The van der Waals surface area contributed by atoms with Gasteiger partial charge in [0.15, 0.2) is 5.96 Å². The van der Waals surface area contributed by atoms with E-state index in [4.69, 9.17) is 16.2 Å². The second kappa shape index (κ2) is 7.76. The highest BCUT2D eigenvalue weighted by Gasteiger charge is 2.10. The van der Waals surface area contributed by atoms with Crippen LogP contribution in [0.5, 0.6) is 5.75 Å². The summed E-state index contributed by atoms with van der Waals surface area (Å²) >= 11 is 0. The van der Waals surface area contributed by atoms with Crippen molar-refractivity contribution < 1.29 is 26.9 Å². The number of aliphatic imine (C=N–C) groups is 1. The molecular weight excluding hydrogens is 324 g/mol. The molecule has 4 N–H and O–H groups in total. The molecule has 8 nitrogen and oxygen atoms in total. The van der Waals surface area contributed by atoms with Crippen molar-refractivity contribution in [2.45, 2.75) is 0 Å². The number of guanidine groups is 1. The maximum Gasteiger partial charge on any atom is 0.343 e. The van der Waals surface area contributed by atoms with Gasteiger partial charge in [0.25, 0.3) is 5.69 Å². The number of ether oxygens (including phenoxy) is 1. The van der Waals surface area contributed by atoms with E-state index in [0.717, 1.165) is 0 Å². The molecule has 0 saturated heterocycles. The van der Waals surface area contributed by atoms with Crippen molar-refractivity contribution in [2.75, 3.05) is 0 Å². The average Bonchev–Trinajstić information content (AvgIpc) is 2.48. The second-order valence-corrected chi connectivity index (χ2v) is 4.22. The number of carbonyl (C=O) groups excluding carboxylic acids is 1. The van der Waals surface area contributed by atoms with Gasteiger partial charge < -0.3 is 28.6 Å². The van der Waals surface area contributed by atoms with E-state index in [1.54, 1.807) is 12.1 Å². The van der Waals surface area contributed by atoms with Crippen LogP contribution in [-0.2, 0) is 0 Å². The van der Waals surface area contributed by atoms with Crippen molar-refractivity contribution in [3.63, 3.8) is 0 Å². The standard InChI is InChI=1S/C14H12N4O4.ClH/c15-14(16)17-10-3-1-9(2-4-10)13(19)22-12-7-5-11(6-8-12)18(20)21;/h1-8H,(H4,15,16,17);1H/p-1. The van der Waals surface area contributed by atoms with Crippen LogP contribution in [0.2, 0.25) is 0 Å². The lowest BCUT2D eigenvalue weighted by molar-refractivity contribution is -0.384. The summed E-state index contributed by atoms with van der Waals surface area (Å²) in [5.74, 6) is -0.463. The van der Waals surface area contributed by atoms with Gasteiger partial charge in [0.2, 0.25) is 0 Å². The Bertz CT molecular complexity index is 725. The number of rotatable bonds is 4. The smallest absolute Gasteiger partial charge is 0.343 e. The number of hydrogen-bond acceptors (Lipinski definition) is 5. The predicted octanol–water partition coefficient (Wildman–Crippen LogP) is -1.28. The zero-order valence-electron chi connectivity index (χ0n) is 11.7. The third-order valence-electron chi connectivity index (χ3n) is 2.62. The molecular formula is C14H12ClN4O4-. The zero-order valence-corrected chi connectivity index (χ0v) is 12.4. The summed E-state index contributed by atoms with van der Waals surface area (Å²) in [5, 5.41) is 10.5. The molecule has 0 atom stereocenters. The Morgan fingerprint density at radius 1 is 1.04 bits per heavy atom.